The van der Waals surface area contributed by atoms with E-state index in [1.807, 2.05) is 18.2 Å². The van der Waals surface area contributed by atoms with E-state index in [4.69, 9.17) is 16.3 Å². The van der Waals surface area contributed by atoms with Gasteiger partial charge in [-0.25, -0.2) is 0 Å². The molecule has 0 N–H and O–H groups in total. The van der Waals surface area contributed by atoms with Crippen molar-refractivity contribution in [2.75, 3.05) is 36.0 Å². The molecule has 0 bridgehead atoms. The zero-order valence-corrected chi connectivity index (χ0v) is 14.7. The van der Waals surface area contributed by atoms with Crippen molar-refractivity contribution in [3.63, 3.8) is 0 Å². The van der Waals surface area contributed by atoms with Gasteiger partial charge in [0.25, 0.3) is 0 Å². The number of rotatable bonds is 4. The van der Waals surface area contributed by atoms with Crippen LogP contribution in [0.2, 0.25) is 5.02 Å². The van der Waals surface area contributed by atoms with Crippen LogP contribution in [0.1, 0.15) is 32.6 Å². The Morgan fingerprint density at radius 3 is 2.71 bits per heavy atom. The van der Waals surface area contributed by atoms with Gasteiger partial charge >= 0.3 is 5.97 Å². The van der Waals surface area contributed by atoms with Crippen LogP contribution in [0.4, 0.5) is 11.4 Å². The number of halogens is 1. The standard InChI is InChI=1S/C18H23ClN2O3/c1-2-24-18(23)13-10-17(22)21(12-13)14-6-7-16(15(19)11-14)20-8-4-3-5-9-20/h6-7,11,13H,2-5,8-10,12H2,1H3/t13-/m1/s1. The summed E-state index contributed by atoms with van der Waals surface area (Å²) in [6, 6.07) is 5.73. The molecule has 130 valence electrons. The number of carbonyl (C=O) groups excluding carboxylic acids is 2. The number of ether oxygens (including phenoxy) is 1. The van der Waals surface area contributed by atoms with Gasteiger partial charge in [-0.05, 0) is 44.4 Å². The maximum atomic E-state index is 12.3. The SMILES string of the molecule is CCOC(=O)[C@@H]1CC(=O)N(c2ccc(N3CCCCC3)c(Cl)c2)C1. The zero-order chi connectivity index (χ0) is 17.1. The van der Waals surface area contributed by atoms with Crippen LogP contribution in [0.5, 0.6) is 0 Å². The molecule has 0 aliphatic carbocycles. The molecule has 0 spiro atoms. The molecule has 24 heavy (non-hydrogen) atoms. The molecule has 1 aromatic carbocycles. The molecule has 0 aromatic heterocycles. The lowest BCUT2D eigenvalue weighted by Gasteiger charge is -2.30. The predicted molar refractivity (Wildman–Crippen MR) is 94.6 cm³/mol. The second-order valence-corrected chi connectivity index (χ2v) is 6.75. The van der Waals surface area contributed by atoms with Crippen molar-refractivity contribution in [2.45, 2.75) is 32.6 Å². The highest BCUT2D eigenvalue weighted by Crippen LogP contribution is 2.34. The second-order valence-electron chi connectivity index (χ2n) is 6.34. The number of hydrogen-bond acceptors (Lipinski definition) is 4. The average molecular weight is 351 g/mol. The van der Waals surface area contributed by atoms with E-state index in [2.05, 4.69) is 4.90 Å². The summed E-state index contributed by atoms with van der Waals surface area (Å²) in [5.41, 5.74) is 1.77. The fourth-order valence-electron chi connectivity index (χ4n) is 3.43. The summed E-state index contributed by atoms with van der Waals surface area (Å²) in [5, 5.41) is 0.654. The Bertz CT molecular complexity index is 629. The third-order valence-electron chi connectivity index (χ3n) is 4.68. The van der Waals surface area contributed by atoms with Crippen LogP contribution in [-0.4, -0.2) is 38.1 Å². The van der Waals surface area contributed by atoms with E-state index in [1.54, 1.807) is 11.8 Å². The average Bonchev–Trinajstić information content (AvgIpc) is 2.98. The van der Waals surface area contributed by atoms with Gasteiger partial charge in [-0.15, -0.1) is 0 Å². The third-order valence-corrected chi connectivity index (χ3v) is 4.99. The van der Waals surface area contributed by atoms with Crippen molar-refractivity contribution in [1.29, 1.82) is 0 Å². The number of anilines is 2. The van der Waals surface area contributed by atoms with Crippen LogP contribution in [0.3, 0.4) is 0 Å². The summed E-state index contributed by atoms with van der Waals surface area (Å²) in [6.45, 7) is 4.50. The number of benzene rings is 1. The Balaban J connectivity index is 1.74. The van der Waals surface area contributed by atoms with Crippen molar-refractivity contribution in [3.05, 3.63) is 23.2 Å². The van der Waals surface area contributed by atoms with Gasteiger partial charge in [0, 0.05) is 31.7 Å². The smallest absolute Gasteiger partial charge is 0.311 e. The van der Waals surface area contributed by atoms with Gasteiger partial charge in [-0.2, -0.15) is 0 Å². The summed E-state index contributed by atoms with van der Waals surface area (Å²) < 4.78 is 5.03. The van der Waals surface area contributed by atoms with Crippen LogP contribution in [0.15, 0.2) is 18.2 Å². The van der Waals surface area contributed by atoms with E-state index >= 15 is 0 Å². The molecule has 2 aliphatic rings. The number of esters is 1. The zero-order valence-electron chi connectivity index (χ0n) is 14.0. The van der Waals surface area contributed by atoms with Gasteiger partial charge in [0.05, 0.1) is 23.2 Å². The fraction of sp³-hybridized carbons (Fsp3) is 0.556. The van der Waals surface area contributed by atoms with Crippen molar-refractivity contribution in [2.24, 2.45) is 5.92 Å². The van der Waals surface area contributed by atoms with Gasteiger partial charge in [0.1, 0.15) is 0 Å². The summed E-state index contributed by atoms with van der Waals surface area (Å²) in [6.07, 6.45) is 3.84. The van der Waals surface area contributed by atoms with Crippen molar-refractivity contribution >= 4 is 34.9 Å². The fourth-order valence-corrected chi connectivity index (χ4v) is 3.72. The number of nitrogens with zero attached hydrogens (tertiary/aromatic N) is 2. The highest BCUT2D eigenvalue weighted by Gasteiger charge is 2.36. The first kappa shape index (κ1) is 17.1. The van der Waals surface area contributed by atoms with Gasteiger partial charge in [-0.1, -0.05) is 11.6 Å². The predicted octanol–water partition coefficient (Wildman–Crippen LogP) is 3.25. The summed E-state index contributed by atoms with van der Waals surface area (Å²) in [7, 11) is 0. The molecule has 1 aromatic rings. The highest BCUT2D eigenvalue weighted by molar-refractivity contribution is 6.33. The van der Waals surface area contributed by atoms with Crippen LogP contribution in [0.25, 0.3) is 0 Å². The monoisotopic (exact) mass is 350 g/mol. The molecule has 6 heteroatoms. The second kappa shape index (κ2) is 7.43. The van der Waals surface area contributed by atoms with E-state index in [0.29, 0.717) is 18.2 Å². The van der Waals surface area contributed by atoms with Gasteiger partial charge in [-0.3, -0.25) is 9.59 Å². The van der Waals surface area contributed by atoms with Gasteiger partial charge < -0.3 is 14.5 Å². The molecule has 0 radical (unpaired) electrons. The molecule has 5 nitrogen and oxygen atoms in total. The lowest BCUT2D eigenvalue weighted by atomic mass is 10.1. The normalized spacial score (nSPS) is 21.2. The summed E-state index contributed by atoms with van der Waals surface area (Å²) >= 11 is 6.47. The Morgan fingerprint density at radius 1 is 1.29 bits per heavy atom. The molecule has 2 aliphatic heterocycles. The number of amides is 1. The molecular formula is C18H23ClN2O3. The van der Waals surface area contributed by atoms with E-state index < -0.39 is 5.92 Å². The van der Waals surface area contributed by atoms with Crippen molar-refractivity contribution in [3.8, 4) is 0 Å². The lowest BCUT2D eigenvalue weighted by molar-refractivity contribution is -0.147. The highest BCUT2D eigenvalue weighted by atomic mass is 35.5. The first-order chi connectivity index (χ1) is 11.6. The van der Waals surface area contributed by atoms with Crippen molar-refractivity contribution < 1.29 is 14.3 Å². The molecule has 2 saturated heterocycles. The number of piperidine rings is 1. The first-order valence-electron chi connectivity index (χ1n) is 8.61. The molecule has 1 amide bonds. The minimum Gasteiger partial charge on any atom is -0.466 e. The Morgan fingerprint density at radius 2 is 2.04 bits per heavy atom. The molecule has 1 atom stereocenters. The van der Waals surface area contributed by atoms with Crippen LogP contribution >= 0.6 is 11.6 Å². The topological polar surface area (TPSA) is 49.9 Å². The van der Waals surface area contributed by atoms with E-state index in [-0.39, 0.29) is 18.3 Å². The van der Waals surface area contributed by atoms with Gasteiger partial charge in [0.2, 0.25) is 5.91 Å². The number of hydrogen-bond donors (Lipinski definition) is 0. The molecule has 0 saturated carbocycles. The number of carbonyl (C=O) groups is 2. The molecular weight excluding hydrogens is 328 g/mol. The first-order valence-corrected chi connectivity index (χ1v) is 8.99. The van der Waals surface area contributed by atoms with Gasteiger partial charge in [0.15, 0.2) is 0 Å². The maximum absolute atomic E-state index is 12.3. The largest absolute Gasteiger partial charge is 0.466 e. The minimum atomic E-state index is -0.391. The molecule has 2 fully saturated rings. The molecule has 0 unspecified atom stereocenters. The van der Waals surface area contributed by atoms with E-state index in [0.717, 1.165) is 24.5 Å². The Labute approximate surface area is 147 Å². The maximum Gasteiger partial charge on any atom is 0.311 e. The van der Waals surface area contributed by atoms with Crippen LogP contribution in [-0.2, 0) is 14.3 Å². The summed E-state index contributed by atoms with van der Waals surface area (Å²) in [4.78, 5) is 28.0. The van der Waals surface area contributed by atoms with Crippen molar-refractivity contribution in [1.82, 2.24) is 0 Å². The minimum absolute atomic E-state index is 0.0603. The van der Waals surface area contributed by atoms with Crippen LogP contribution < -0.4 is 9.80 Å². The quantitative estimate of drug-likeness (QED) is 0.782. The third kappa shape index (κ3) is 3.51. The Kier molecular flexibility index (Phi) is 5.29. The Hall–Kier alpha value is -1.75. The van der Waals surface area contributed by atoms with Crippen LogP contribution in [0, 0.1) is 5.92 Å². The molecule has 2 heterocycles. The summed E-state index contributed by atoms with van der Waals surface area (Å²) in [5.74, 6) is -0.753. The lowest BCUT2D eigenvalue weighted by Crippen LogP contribution is -2.30. The van der Waals surface area contributed by atoms with E-state index in [9.17, 15) is 9.59 Å². The van der Waals surface area contributed by atoms with E-state index in [1.165, 1.54) is 19.3 Å². The molecule has 3 rings (SSSR count).